The zero-order valence-electron chi connectivity index (χ0n) is 6.45. The molecule has 0 N–H and O–H groups in total. The summed E-state index contributed by atoms with van der Waals surface area (Å²) in [7, 11) is 0. The number of hydrogen-bond acceptors (Lipinski definition) is 3. The molecule has 1 aromatic carbocycles. The molecule has 3 nitrogen and oxygen atoms in total. The zero-order chi connectivity index (χ0) is 8.39. The van der Waals surface area contributed by atoms with Crippen molar-refractivity contribution in [1.82, 2.24) is 0 Å². The largest absolute Gasteiger partial charge is 0.337 e. The average molecular weight is 164 g/mol. The fourth-order valence-electron chi connectivity index (χ4n) is 1.14. The van der Waals surface area contributed by atoms with E-state index in [0.717, 1.165) is 0 Å². The molecule has 0 radical (unpaired) electrons. The van der Waals surface area contributed by atoms with Crippen molar-refractivity contribution < 1.29 is 14.6 Å². The minimum Gasteiger partial charge on any atom is -0.337 e. The van der Waals surface area contributed by atoms with Crippen LogP contribution in [0.15, 0.2) is 24.3 Å². The van der Waals surface area contributed by atoms with Crippen LogP contribution >= 0.6 is 0 Å². The van der Waals surface area contributed by atoms with Crippen LogP contribution in [0.5, 0.6) is 5.75 Å². The fraction of sp³-hybridized carbons (Fsp3) is 0.222. The van der Waals surface area contributed by atoms with Gasteiger partial charge in [-0.2, -0.15) is 4.89 Å². The number of ketones is 1. The average Bonchev–Trinajstić information content (AvgIpc) is 2.29. The first-order valence-electron chi connectivity index (χ1n) is 3.79. The Labute approximate surface area is 69.8 Å². The number of carbonyl (C=O) groups is 1. The van der Waals surface area contributed by atoms with E-state index in [1.165, 1.54) is 0 Å². The lowest BCUT2D eigenvalue weighted by molar-refractivity contribution is -0.202. The first-order valence-corrected chi connectivity index (χ1v) is 3.79. The maximum Gasteiger partial charge on any atom is 0.176 e. The van der Waals surface area contributed by atoms with Gasteiger partial charge in [-0.25, -0.2) is 0 Å². The molecule has 0 atom stereocenters. The van der Waals surface area contributed by atoms with Crippen LogP contribution in [-0.4, -0.2) is 12.4 Å². The van der Waals surface area contributed by atoms with Crippen LogP contribution in [0, 0.1) is 0 Å². The van der Waals surface area contributed by atoms with Crippen molar-refractivity contribution in [2.75, 3.05) is 6.61 Å². The van der Waals surface area contributed by atoms with Gasteiger partial charge in [0, 0.05) is 6.42 Å². The SMILES string of the molecule is O=C1CCOOc2ccccc21. The molecule has 12 heavy (non-hydrogen) atoms. The van der Waals surface area contributed by atoms with Crippen molar-refractivity contribution in [2.24, 2.45) is 0 Å². The second-order valence-electron chi connectivity index (χ2n) is 2.57. The minimum atomic E-state index is 0.0723. The highest BCUT2D eigenvalue weighted by molar-refractivity contribution is 5.98. The lowest BCUT2D eigenvalue weighted by Gasteiger charge is -2.01. The van der Waals surface area contributed by atoms with Gasteiger partial charge in [0.05, 0.1) is 5.56 Å². The third-order valence-corrected chi connectivity index (χ3v) is 1.75. The van der Waals surface area contributed by atoms with E-state index in [0.29, 0.717) is 24.3 Å². The molecule has 0 saturated heterocycles. The molecule has 3 heteroatoms. The van der Waals surface area contributed by atoms with Gasteiger partial charge < -0.3 is 4.89 Å². The van der Waals surface area contributed by atoms with Gasteiger partial charge in [0.1, 0.15) is 6.61 Å². The molecule has 0 amide bonds. The molecule has 1 aliphatic rings. The quantitative estimate of drug-likeness (QED) is 0.546. The van der Waals surface area contributed by atoms with Crippen LogP contribution in [0.1, 0.15) is 16.8 Å². The Kier molecular flexibility index (Phi) is 1.80. The maximum absolute atomic E-state index is 11.3. The third kappa shape index (κ3) is 1.19. The summed E-state index contributed by atoms with van der Waals surface area (Å²) >= 11 is 0. The van der Waals surface area contributed by atoms with Crippen LogP contribution in [0.25, 0.3) is 0 Å². The molecule has 1 aliphatic heterocycles. The van der Waals surface area contributed by atoms with E-state index in [1.807, 2.05) is 6.07 Å². The molecule has 0 aliphatic carbocycles. The Morgan fingerprint density at radius 3 is 3.00 bits per heavy atom. The summed E-state index contributed by atoms with van der Waals surface area (Å²) in [5, 5.41) is 0. The summed E-state index contributed by atoms with van der Waals surface area (Å²) < 4.78 is 0. The van der Waals surface area contributed by atoms with E-state index in [2.05, 4.69) is 0 Å². The second kappa shape index (κ2) is 2.95. The summed E-state index contributed by atoms with van der Waals surface area (Å²) in [6.45, 7) is 0.327. The number of Topliss-reactive ketones (excluding diaryl/α,β-unsaturated/α-hetero) is 1. The topological polar surface area (TPSA) is 35.5 Å². The normalized spacial score (nSPS) is 16.2. The molecule has 1 heterocycles. The minimum absolute atomic E-state index is 0.0723. The highest BCUT2D eigenvalue weighted by atomic mass is 17.2. The van der Waals surface area contributed by atoms with Crippen molar-refractivity contribution in [2.45, 2.75) is 6.42 Å². The molecule has 2 rings (SSSR count). The predicted molar refractivity (Wildman–Crippen MR) is 42.0 cm³/mol. The van der Waals surface area contributed by atoms with Crippen LogP contribution in [0.4, 0.5) is 0 Å². The zero-order valence-corrected chi connectivity index (χ0v) is 6.45. The van der Waals surface area contributed by atoms with E-state index in [-0.39, 0.29) is 5.78 Å². The van der Waals surface area contributed by atoms with Crippen LogP contribution in [-0.2, 0) is 4.89 Å². The van der Waals surface area contributed by atoms with E-state index < -0.39 is 0 Å². The maximum atomic E-state index is 11.3. The van der Waals surface area contributed by atoms with Crippen molar-refractivity contribution in [3.05, 3.63) is 29.8 Å². The molecule has 0 fully saturated rings. The molecular weight excluding hydrogens is 156 g/mol. The van der Waals surface area contributed by atoms with Gasteiger partial charge in [-0.05, 0) is 12.1 Å². The van der Waals surface area contributed by atoms with Gasteiger partial charge in [-0.3, -0.25) is 4.79 Å². The highest BCUT2D eigenvalue weighted by Gasteiger charge is 2.16. The fourth-order valence-corrected chi connectivity index (χ4v) is 1.14. The lowest BCUT2D eigenvalue weighted by Crippen LogP contribution is -1.98. The van der Waals surface area contributed by atoms with E-state index in [1.54, 1.807) is 18.2 Å². The number of benzene rings is 1. The van der Waals surface area contributed by atoms with E-state index in [9.17, 15) is 4.79 Å². The van der Waals surface area contributed by atoms with Gasteiger partial charge in [-0.1, -0.05) is 12.1 Å². The van der Waals surface area contributed by atoms with Crippen LogP contribution in [0.2, 0.25) is 0 Å². The third-order valence-electron chi connectivity index (χ3n) is 1.75. The molecule has 62 valence electrons. The van der Waals surface area contributed by atoms with E-state index in [4.69, 9.17) is 9.78 Å². The number of fused-ring (bicyclic) bond motifs is 1. The summed E-state index contributed by atoms with van der Waals surface area (Å²) in [4.78, 5) is 21.0. The number of rotatable bonds is 0. The number of hydrogen-bond donors (Lipinski definition) is 0. The number of para-hydroxylation sites is 1. The smallest absolute Gasteiger partial charge is 0.176 e. The Bertz CT molecular complexity index is 306. The van der Waals surface area contributed by atoms with Gasteiger partial charge in [0.25, 0.3) is 0 Å². The molecule has 0 spiro atoms. The van der Waals surface area contributed by atoms with Gasteiger partial charge >= 0.3 is 0 Å². The Morgan fingerprint density at radius 2 is 2.08 bits per heavy atom. The Balaban J connectivity index is 2.46. The molecule has 0 unspecified atom stereocenters. The second-order valence-corrected chi connectivity index (χ2v) is 2.57. The van der Waals surface area contributed by atoms with E-state index >= 15 is 0 Å². The Hall–Kier alpha value is -1.35. The lowest BCUT2D eigenvalue weighted by atomic mass is 10.1. The van der Waals surface area contributed by atoms with Gasteiger partial charge in [-0.15, -0.1) is 0 Å². The van der Waals surface area contributed by atoms with Crippen molar-refractivity contribution in [1.29, 1.82) is 0 Å². The molecule has 0 saturated carbocycles. The first-order chi connectivity index (χ1) is 5.88. The van der Waals surface area contributed by atoms with Crippen LogP contribution in [0.3, 0.4) is 0 Å². The first kappa shape index (κ1) is 7.31. The Morgan fingerprint density at radius 1 is 1.25 bits per heavy atom. The summed E-state index contributed by atoms with van der Waals surface area (Å²) in [6, 6.07) is 7.08. The summed E-state index contributed by atoms with van der Waals surface area (Å²) in [5.41, 5.74) is 0.606. The molecule has 0 bridgehead atoms. The van der Waals surface area contributed by atoms with Crippen molar-refractivity contribution >= 4 is 5.78 Å². The standard InChI is InChI=1S/C9H8O3/c10-8-5-6-11-12-9-4-2-1-3-7(8)9/h1-4H,5-6H2. The number of carbonyl (C=O) groups excluding carboxylic acids is 1. The van der Waals surface area contributed by atoms with Gasteiger partial charge in [0.2, 0.25) is 0 Å². The molecule has 0 aromatic heterocycles. The van der Waals surface area contributed by atoms with Gasteiger partial charge in [0.15, 0.2) is 11.5 Å². The molecular formula is C9H8O3. The highest BCUT2D eigenvalue weighted by Crippen LogP contribution is 2.22. The predicted octanol–water partition coefficient (Wildman–Crippen LogP) is 1.58. The van der Waals surface area contributed by atoms with Crippen LogP contribution < -0.4 is 4.89 Å². The molecule has 1 aromatic rings. The van der Waals surface area contributed by atoms with Crippen molar-refractivity contribution in [3.63, 3.8) is 0 Å². The summed E-state index contributed by atoms with van der Waals surface area (Å²) in [6.07, 6.45) is 0.386. The van der Waals surface area contributed by atoms with Crippen molar-refractivity contribution in [3.8, 4) is 5.75 Å². The monoisotopic (exact) mass is 164 g/mol. The summed E-state index contributed by atoms with van der Waals surface area (Å²) in [5.74, 6) is 0.586.